The molecule has 2 aliphatic heterocycles. The molecule has 2 heterocycles. The lowest BCUT2D eigenvalue weighted by Gasteiger charge is -2.26. The Morgan fingerprint density at radius 2 is 1.83 bits per heavy atom. The number of nitrogens with zero attached hydrogens (tertiary/aromatic N) is 1. The number of Topliss-reactive ketones (excluding diaryl/α,β-unsaturated/α-hetero) is 1. The molecule has 186 valence electrons. The summed E-state index contributed by atoms with van der Waals surface area (Å²) in [5, 5.41) is 11.3. The summed E-state index contributed by atoms with van der Waals surface area (Å²) in [7, 11) is 1.53. The molecular formula is C27H31NO7. The van der Waals surface area contributed by atoms with Gasteiger partial charge in [0.1, 0.15) is 17.6 Å². The van der Waals surface area contributed by atoms with Gasteiger partial charge in [-0.25, -0.2) is 0 Å². The lowest BCUT2D eigenvalue weighted by molar-refractivity contribution is -0.140. The van der Waals surface area contributed by atoms with Crippen molar-refractivity contribution in [1.82, 2.24) is 4.90 Å². The molecule has 0 aliphatic carbocycles. The third-order valence-electron chi connectivity index (χ3n) is 6.13. The van der Waals surface area contributed by atoms with E-state index in [2.05, 4.69) is 0 Å². The van der Waals surface area contributed by atoms with Crippen LogP contribution in [0.3, 0.4) is 0 Å². The highest BCUT2D eigenvalue weighted by molar-refractivity contribution is 6.46. The first kappa shape index (κ1) is 24.6. The van der Waals surface area contributed by atoms with Gasteiger partial charge in [-0.05, 0) is 62.2 Å². The molecule has 2 unspecified atom stereocenters. The molecule has 35 heavy (non-hydrogen) atoms. The van der Waals surface area contributed by atoms with Crippen molar-refractivity contribution in [2.24, 2.45) is 0 Å². The summed E-state index contributed by atoms with van der Waals surface area (Å²) in [4.78, 5) is 27.7. The molecule has 8 heteroatoms. The van der Waals surface area contributed by atoms with Crippen LogP contribution in [-0.4, -0.2) is 61.3 Å². The largest absolute Gasteiger partial charge is 0.507 e. The average Bonchev–Trinajstić information content (AvgIpc) is 3.34. The third-order valence-corrected chi connectivity index (χ3v) is 6.13. The fourth-order valence-corrected chi connectivity index (χ4v) is 4.61. The van der Waals surface area contributed by atoms with E-state index in [9.17, 15) is 14.7 Å². The second-order valence-corrected chi connectivity index (χ2v) is 8.51. The number of hydrogen-bond acceptors (Lipinski definition) is 7. The first-order valence-corrected chi connectivity index (χ1v) is 11.9. The molecule has 0 radical (unpaired) electrons. The van der Waals surface area contributed by atoms with Crippen LogP contribution < -0.4 is 14.2 Å². The van der Waals surface area contributed by atoms with Gasteiger partial charge in [0.15, 0.2) is 11.5 Å². The quantitative estimate of drug-likeness (QED) is 0.330. The van der Waals surface area contributed by atoms with E-state index in [0.29, 0.717) is 42.3 Å². The highest BCUT2D eigenvalue weighted by Gasteiger charge is 2.46. The zero-order valence-corrected chi connectivity index (χ0v) is 20.5. The van der Waals surface area contributed by atoms with Crippen LogP contribution in [0.2, 0.25) is 0 Å². The molecule has 1 N–H and O–H groups in total. The fraction of sp³-hybridized carbons (Fsp3) is 0.407. The van der Waals surface area contributed by atoms with Crippen molar-refractivity contribution in [3.8, 4) is 17.2 Å². The number of carbonyl (C=O) groups excluding carboxylic acids is 2. The number of benzene rings is 2. The Kier molecular flexibility index (Phi) is 7.31. The molecule has 2 aromatic carbocycles. The number of ketones is 1. The van der Waals surface area contributed by atoms with Gasteiger partial charge in [-0.15, -0.1) is 0 Å². The standard InChI is InChI=1S/C27H31NO7/c1-5-33-21-10-7-17(15-22(21)34-6-2)24-23(26(30)27(31)28(24)11-12-32-4)25(29)18-8-9-20-19(14-18)13-16(3)35-20/h7-10,14-16,24,29H,5-6,11-13H2,1-4H3/b25-23-. The molecule has 0 spiro atoms. The summed E-state index contributed by atoms with van der Waals surface area (Å²) >= 11 is 0. The van der Waals surface area contributed by atoms with Gasteiger partial charge in [0.25, 0.3) is 11.7 Å². The Bertz CT molecular complexity index is 1160. The zero-order chi connectivity index (χ0) is 25.1. The van der Waals surface area contributed by atoms with E-state index >= 15 is 0 Å². The van der Waals surface area contributed by atoms with Crippen molar-refractivity contribution in [3.63, 3.8) is 0 Å². The maximum atomic E-state index is 13.2. The number of aliphatic hydroxyl groups is 1. The van der Waals surface area contributed by atoms with Crippen LogP contribution in [0.1, 0.15) is 43.5 Å². The minimum Gasteiger partial charge on any atom is -0.507 e. The predicted molar refractivity (Wildman–Crippen MR) is 130 cm³/mol. The zero-order valence-electron chi connectivity index (χ0n) is 20.5. The minimum atomic E-state index is -0.802. The maximum Gasteiger partial charge on any atom is 0.295 e. The molecule has 0 bridgehead atoms. The van der Waals surface area contributed by atoms with E-state index < -0.39 is 17.7 Å². The summed E-state index contributed by atoms with van der Waals surface area (Å²) in [5.41, 5.74) is 2.08. The first-order chi connectivity index (χ1) is 16.9. The van der Waals surface area contributed by atoms with Gasteiger partial charge < -0.3 is 29.0 Å². The highest BCUT2D eigenvalue weighted by atomic mass is 16.5. The second kappa shape index (κ2) is 10.4. The van der Waals surface area contributed by atoms with E-state index in [1.165, 1.54) is 12.0 Å². The monoisotopic (exact) mass is 481 g/mol. The normalized spacial score (nSPS) is 20.6. The summed E-state index contributed by atoms with van der Waals surface area (Å²) in [6, 6.07) is 9.81. The van der Waals surface area contributed by atoms with Gasteiger partial charge in [-0.2, -0.15) is 0 Å². The average molecular weight is 482 g/mol. The van der Waals surface area contributed by atoms with E-state index in [0.717, 1.165) is 11.3 Å². The Morgan fingerprint density at radius 3 is 2.54 bits per heavy atom. The number of fused-ring (bicyclic) bond motifs is 1. The third kappa shape index (κ3) is 4.71. The minimum absolute atomic E-state index is 0.0321. The molecule has 2 aromatic rings. The van der Waals surface area contributed by atoms with Gasteiger partial charge in [-0.1, -0.05) is 6.07 Å². The Morgan fingerprint density at radius 1 is 1.09 bits per heavy atom. The van der Waals surface area contributed by atoms with E-state index in [1.54, 1.807) is 30.3 Å². The van der Waals surface area contributed by atoms with Gasteiger partial charge in [0, 0.05) is 25.6 Å². The van der Waals surface area contributed by atoms with Crippen LogP contribution in [0.25, 0.3) is 5.76 Å². The molecule has 1 amide bonds. The Balaban J connectivity index is 1.84. The predicted octanol–water partition coefficient (Wildman–Crippen LogP) is 3.88. The molecular weight excluding hydrogens is 450 g/mol. The van der Waals surface area contributed by atoms with Crippen LogP contribution in [0.15, 0.2) is 42.0 Å². The van der Waals surface area contributed by atoms with Gasteiger partial charge in [0.05, 0.1) is 31.4 Å². The van der Waals surface area contributed by atoms with Gasteiger partial charge >= 0.3 is 0 Å². The second-order valence-electron chi connectivity index (χ2n) is 8.51. The van der Waals surface area contributed by atoms with Crippen molar-refractivity contribution in [2.45, 2.75) is 39.3 Å². The van der Waals surface area contributed by atoms with Gasteiger partial charge in [-0.3, -0.25) is 9.59 Å². The number of amides is 1. The van der Waals surface area contributed by atoms with Crippen LogP contribution >= 0.6 is 0 Å². The van der Waals surface area contributed by atoms with Crippen molar-refractivity contribution in [2.75, 3.05) is 33.5 Å². The molecule has 0 aromatic heterocycles. The van der Waals surface area contributed by atoms with E-state index in [-0.39, 0.29) is 30.6 Å². The van der Waals surface area contributed by atoms with Crippen LogP contribution in [0, 0.1) is 0 Å². The van der Waals surface area contributed by atoms with Crippen molar-refractivity contribution in [1.29, 1.82) is 0 Å². The molecule has 1 saturated heterocycles. The highest BCUT2D eigenvalue weighted by Crippen LogP contribution is 2.42. The van der Waals surface area contributed by atoms with Crippen molar-refractivity contribution in [3.05, 3.63) is 58.7 Å². The number of carbonyl (C=O) groups is 2. The van der Waals surface area contributed by atoms with E-state index in [4.69, 9.17) is 18.9 Å². The van der Waals surface area contributed by atoms with Gasteiger partial charge in [0.2, 0.25) is 0 Å². The molecule has 0 saturated carbocycles. The fourth-order valence-electron chi connectivity index (χ4n) is 4.61. The summed E-state index contributed by atoms with van der Waals surface area (Å²) in [6.45, 7) is 7.04. The van der Waals surface area contributed by atoms with Crippen LogP contribution in [0.5, 0.6) is 17.2 Å². The lowest BCUT2D eigenvalue weighted by Crippen LogP contribution is -2.32. The smallest absolute Gasteiger partial charge is 0.295 e. The summed E-state index contributed by atoms with van der Waals surface area (Å²) in [5.74, 6) is 0.202. The molecule has 1 fully saturated rings. The van der Waals surface area contributed by atoms with Crippen LogP contribution in [-0.2, 0) is 20.7 Å². The topological polar surface area (TPSA) is 94.5 Å². The van der Waals surface area contributed by atoms with E-state index in [1.807, 2.05) is 26.8 Å². The SMILES string of the molecule is CCOc1ccc(C2/C(=C(/O)c3ccc4c(c3)CC(C)O4)C(=O)C(=O)N2CCOC)cc1OCC. The number of aliphatic hydroxyl groups excluding tert-OH is 1. The lowest BCUT2D eigenvalue weighted by atomic mass is 9.94. The Labute approximate surface area is 205 Å². The van der Waals surface area contributed by atoms with Crippen molar-refractivity contribution < 1.29 is 33.6 Å². The number of likely N-dealkylation sites (tertiary alicyclic amines) is 1. The molecule has 2 atom stereocenters. The summed E-state index contributed by atoms with van der Waals surface area (Å²) < 4.78 is 22.4. The maximum absolute atomic E-state index is 13.2. The number of ether oxygens (including phenoxy) is 4. The number of rotatable bonds is 9. The number of methoxy groups -OCH3 is 1. The first-order valence-electron chi connectivity index (χ1n) is 11.9. The summed E-state index contributed by atoms with van der Waals surface area (Å²) in [6.07, 6.45) is 0.751. The molecule has 2 aliphatic rings. The molecule has 8 nitrogen and oxygen atoms in total. The van der Waals surface area contributed by atoms with Crippen molar-refractivity contribution >= 4 is 17.4 Å². The van der Waals surface area contributed by atoms with Crippen LogP contribution in [0.4, 0.5) is 0 Å². The number of hydrogen-bond donors (Lipinski definition) is 1. The molecule has 4 rings (SSSR count). The Hall–Kier alpha value is -3.52.